The molecule has 0 amide bonds. The van der Waals surface area contributed by atoms with Crippen LogP contribution < -0.4 is 0 Å². The summed E-state index contributed by atoms with van der Waals surface area (Å²) in [5, 5.41) is 0.530. The normalized spacial score (nSPS) is 17.3. The number of nitrogens with zero attached hydrogens (tertiary/aromatic N) is 4. The molecule has 1 saturated heterocycles. The second-order valence-corrected chi connectivity index (χ2v) is 9.53. The summed E-state index contributed by atoms with van der Waals surface area (Å²) >= 11 is 13.0. The second-order valence-electron chi connectivity index (χ2n) is 5.85. The Morgan fingerprint density at radius 2 is 2.00 bits per heavy atom. The molecule has 1 atom stereocenters. The molecule has 2 aromatic heterocycles. The number of carbonyl (C=O) groups is 1. The minimum absolute atomic E-state index is 0.0164. The van der Waals surface area contributed by atoms with Crippen molar-refractivity contribution in [2.45, 2.75) is 24.5 Å². The summed E-state index contributed by atoms with van der Waals surface area (Å²) in [6.07, 6.45) is 5.15. The number of aliphatic imine (C=N–C) groups is 1. The molecule has 2 aromatic rings. The van der Waals surface area contributed by atoms with E-state index in [9.17, 15) is 13.2 Å². The lowest BCUT2D eigenvalue weighted by Gasteiger charge is -2.28. The molecule has 0 saturated carbocycles. The first-order chi connectivity index (χ1) is 12.9. The van der Waals surface area contributed by atoms with Gasteiger partial charge in [0, 0.05) is 30.9 Å². The number of Topliss-reactive ketones (excluding diaryl/α,β-unsaturated/α-hetero) is 1. The first-order valence-electron chi connectivity index (χ1n) is 8.18. The molecule has 1 aliphatic heterocycles. The van der Waals surface area contributed by atoms with Crippen molar-refractivity contribution in [1.82, 2.24) is 14.3 Å². The van der Waals surface area contributed by atoms with Crippen LogP contribution in [0.4, 0.5) is 5.13 Å². The van der Waals surface area contributed by atoms with Crippen LogP contribution in [0.2, 0.25) is 10.3 Å². The van der Waals surface area contributed by atoms with Gasteiger partial charge in [-0.05, 0) is 25.0 Å². The fourth-order valence-corrected chi connectivity index (χ4v) is 5.35. The van der Waals surface area contributed by atoms with Gasteiger partial charge in [0.1, 0.15) is 10.3 Å². The zero-order valence-electron chi connectivity index (χ0n) is 14.1. The van der Waals surface area contributed by atoms with Crippen molar-refractivity contribution >= 4 is 61.7 Å². The molecule has 7 nitrogen and oxygen atoms in total. The number of thiazole rings is 1. The van der Waals surface area contributed by atoms with Crippen LogP contribution in [0.25, 0.3) is 0 Å². The van der Waals surface area contributed by atoms with E-state index < -0.39 is 21.1 Å². The lowest BCUT2D eigenvalue weighted by atomic mass is 10.1. The van der Waals surface area contributed by atoms with E-state index in [1.165, 1.54) is 27.8 Å². The van der Waals surface area contributed by atoms with Gasteiger partial charge in [-0.3, -0.25) is 4.79 Å². The van der Waals surface area contributed by atoms with Crippen LogP contribution in [0.3, 0.4) is 0 Å². The summed E-state index contributed by atoms with van der Waals surface area (Å²) in [6, 6.07) is 2.76. The number of hydrogen-bond acceptors (Lipinski definition) is 7. The summed E-state index contributed by atoms with van der Waals surface area (Å²) in [6.45, 7) is 0.758. The van der Waals surface area contributed by atoms with E-state index in [0.29, 0.717) is 18.2 Å². The van der Waals surface area contributed by atoms with Crippen molar-refractivity contribution in [2.24, 2.45) is 4.99 Å². The van der Waals surface area contributed by atoms with Crippen molar-refractivity contribution in [3.05, 3.63) is 39.6 Å². The Morgan fingerprint density at radius 3 is 2.63 bits per heavy atom. The Bertz CT molecular complexity index is 943. The molecule has 1 aliphatic rings. The third-order valence-corrected chi connectivity index (χ3v) is 7.31. The first kappa shape index (κ1) is 20.3. The van der Waals surface area contributed by atoms with E-state index in [-0.39, 0.29) is 15.9 Å². The monoisotopic (exact) mass is 446 g/mol. The van der Waals surface area contributed by atoms with E-state index in [4.69, 9.17) is 23.2 Å². The zero-order chi connectivity index (χ0) is 19.4. The van der Waals surface area contributed by atoms with Crippen molar-refractivity contribution < 1.29 is 13.2 Å². The number of aromatic nitrogens is 2. The Balaban J connectivity index is 1.99. The number of ketones is 1. The SMILES string of the molecule is O=C(c1ccc(Cl)nc1Cl)C(C=Nc1nccs1)S(=O)(=O)N1CCCCC1. The number of piperidine rings is 1. The van der Waals surface area contributed by atoms with Gasteiger partial charge in [-0.15, -0.1) is 11.3 Å². The summed E-state index contributed by atoms with van der Waals surface area (Å²) in [5.74, 6) is -0.699. The molecule has 1 unspecified atom stereocenters. The third-order valence-electron chi connectivity index (χ3n) is 4.07. The van der Waals surface area contributed by atoms with Crippen molar-refractivity contribution in [1.29, 1.82) is 0 Å². The van der Waals surface area contributed by atoms with Gasteiger partial charge in [0.2, 0.25) is 15.2 Å². The average Bonchev–Trinajstić information content (AvgIpc) is 3.16. The van der Waals surface area contributed by atoms with Gasteiger partial charge in [0.05, 0.1) is 5.56 Å². The summed E-state index contributed by atoms with van der Waals surface area (Å²) in [5.41, 5.74) is -0.0164. The van der Waals surface area contributed by atoms with Crippen LogP contribution in [0.15, 0.2) is 28.7 Å². The van der Waals surface area contributed by atoms with E-state index in [1.807, 2.05) is 0 Å². The van der Waals surface area contributed by atoms with Crippen molar-refractivity contribution in [3.63, 3.8) is 0 Å². The molecule has 0 bridgehead atoms. The van der Waals surface area contributed by atoms with Crippen LogP contribution in [0.5, 0.6) is 0 Å². The van der Waals surface area contributed by atoms with E-state index in [0.717, 1.165) is 25.5 Å². The standard InChI is InChI=1S/C16H16Cl2N4O3S2/c17-13-5-4-11(15(18)21-13)14(23)12(10-20-16-19-6-9-26-16)27(24,25)22-7-2-1-3-8-22/h4-6,9-10,12H,1-3,7-8H2. The average molecular weight is 447 g/mol. The van der Waals surface area contributed by atoms with Crippen LogP contribution in [0.1, 0.15) is 29.6 Å². The number of pyridine rings is 1. The van der Waals surface area contributed by atoms with Crippen LogP contribution >= 0.6 is 34.5 Å². The molecular weight excluding hydrogens is 431 g/mol. The van der Waals surface area contributed by atoms with Gasteiger partial charge in [-0.25, -0.2) is 27.7 Å². The maximum atomic E-state index is 13.1. The maximum absolute atomic E-state index is 13.1. The molecule has 11 heteroatoms. The topological polar surface area (TPSA) is 92.6 Å². The third kappa shape index (κ3) is 4.72. The highest BCUT2D eigenvalue weighted by molar-refractivity contribution is 7.91. The van der Waals surface area contributed by atoms with E-state index in [1.54, 1.807) is 11.6 Å². The minimum Gasteiger partial charge on any atom is -0.292 e. The number of sulfonamides is 1. The molecule has 0 aliphatic carbocycles. The predicted molar refractivity (Wildman–Crippen MR) is 107 cm³/mol. The molecule has 144 valence electrons. The maximum Gasteiger partial charge on any atom is 0.229 e. The van der Waals surface area contributed by atoms with Crippen LogP contribution in [-0.2, 0) is 10.0 Å². The fraction of sp³-hybridized carbons (Fsp3) is 0.375. The summed E-state index contributed by atoms with van der Waals surface area (Å²) < 4.78 is 27.6. The molecule has 0 aromatic carbocycles. The molecule has 3 rings (SSSR count). The van der Waals surface area contributed by atoms with Crippen LogP contribution in [0, 0.1) is 0 Å². The lowest BCUT2D eigenvalue weighted by molar-refractivity contribution is 0.100. The van der Waals surface area contributed by atoms with Crippen LogP contribution in [-0.4, -0.2) is 53.0 Å². The molecule has 0 spiro atoms. The highest BCUT2D eigenvalue weighted by Gasteiger charge is 2.38. The molecule has 0 radical (unpaired) electrons. The number of halogens is 2. The van der Waals surface area contributed by atoms with Gasteiger partial charge < -0.3 is 0 Å². The van der Waals surface area contributed by atoms with Gasteiger partial charge in [-0.2, -0.15) is 0 Å². The number of hydrogen-bond donors (Lipinski definition) is 0. The molecule has 0 N–H and O–H groups in total. The molecule has 3 heterocycles. The summed E-state index contributed by atoms with van der Waals surface area (Å²) in [7, 11) is -3.96. The predicted octanol–water partition coefficient (Wildman–Crippen LogP) is 3.61. The Labute approximate surface area is 171 Å². The Hall–Kier alpha value is -1.39. The fourth-order valence-electron chi connectivity index (χ4n) is 2.72. The van der Waals surface area contributed by atoms with E-state index in [2.05, 4.69) is 15.0 Å². The highest BCUT2D eigenvalue weighted by Crippen LogP contribution is 2.24. The second kappa shape index (κ2) is 8.74. The number of rotatable bonds is 6. The largest absolute Gasteiger partial charge is 0.292 e. The van der Waals surface area contributed by atoms with Crippen molar-refractivity contribution in [3.8, 4) is 0 Å². The zero-order valence-corrected chi connectivity index (χ0v) is 17.2. The van der Waals surface area contributed by atoms with Gasteiger partial charge in [0.15, 0.2) is 11.0 Å². The molecular formula is C16H16Cl2N4O3S2. The van der Waals surface area contributed by atoms with Gasteiger partial charge in [0.25, 0.3) is 0 Å². The first-order valence-corrected chi connectivity index (χ1v) is 11.3. The van der Waals surface area contributed by atoms with Crippen molar-refractivity contribution in [2.75, 3.05) is 13.1 Å². The lowest BCUT2D eigenvalue weighted by Crippen LogP contribution is -2.45. The Kier molecular flexibility index (Phi) is 6.59. The number of carbonyl (C=O) groups excluding carboxylic acids is 1. The smallest absolute Gasteiger partial charge is 0.229 e. The quantitative estimate of drug-likeness (QED) is 0.383. The van der Waals surface area contributed by atoms with Gasteiger partial charge in [-0.1, -0.05) is 29.6 Å². The minimum atomic E-state index is -3.96. The molecule has 27 heavy (non-hydrogen) atoms. The summed E-state index contributed by atoms with van der Waals surface area (Å²) in [4.78, 5) is 24.9. The molecule has 1 fully saturated rings. The van der Waals surface area contributed by atoms with Gasteiger partial charge >= 0.3 is 0 Å². The van der Waals surface area contributed by atoms with E-state index >= 15 is 0 Å². The Morgan fingerprint density at radius 1 is 1.26 bits per heavy atom. The highest BCUT2D eigenvalue weighted by atomic mass is 35.5.